The summed E-state index contributed by atoms with van der Waals surface area (Å²) in [5, 5.41) is 2.14. The average Bonchev–Trinajstić information content (AvgIpc) is 2.92. The molecule has 2 aromatic carbocycles. The van der Waals surface area contributed by atoms with E-state index in [0.29, 0.717) is 17.7 Å². The first kappa shape index (κ1) is 16.2. The van der Waals surface area contributed by atoms with E-state index in [9.17, 15) is 4.79 Å². The average molecular weight is 341 g/mol. The summed E-state index contributed by atoms with van der Waals surface area (Å²) in [5.41, 5.74) is 2.45. The van der Waals surface area contributed by atoms with Gasteiger partial charge in [-0.3, -0.25) is 4.79 Å². The fraction of sp³-hybridized carbons (Fsp3) is 0.250. The lowest BCUT2D eigenvalue weighted by molar-refractivity contribution is -0.114. The number of allylic oxidation sites excluding steroid dienone is 1. The van der Waals surface area contributed by atoms with Crippen molar-refractivity contribution in [3.63, 3.8) is 0 Å². The second-order valence-electron chi connectivity index (χ2n) is 6.75. The Kier molecular flexibility index (Phi) is 4.56. The zero-order chi connectivity index (χ0) is 16.4. The van der Waals surface area contributed by atoms with Crippen LogP contribution in [0.15, 0.2) is 60.2 Å². The summed E-state index contributed by atoms with van der Waals surface area (Å²) >= 11 is 5.96. The highest BCUT2D eigenvalue weighted by Crippen LogP contribution is 2.41. The molecule has 0 amide bonds. The first-order valence-electron chi connectivity index (χ1n) is 8.04. The maximum Gasteiger partial charge on any atom is 0.158 e. The summed E-state index contributed by atoms with van der Waals surface area (Å²) < 4.78 is 0. The van der Waals surface area contributed by atoms with Crippen LogP contribution in [0.2, 0.25) is 23.7 Å². The van der Waals surface area contributed by atoms with Gasteiger partial charge in [-0.1, -0.05) is 72.3 Å². The molecule has 1 unspecified atom stereocenters. The SMILES string of the molecule is C[Si](C)(c1ccccc1)C1CCC(=O)C1=Cc1ccc(Cl)cc1. The second-order valence-corrected chi connectivity index (χ2v) is 11.9. The molecule has 118 valence electrons. The van der Waals surface area contributed by atoms with Crippen LogP contribution in [-0.4, -0.2) is 13.9 Å². The molecule has 0 aromatic heterocycles. The van der Waals surface area contributed by atoms with Gasteiger partial charge in [0, 0.05) is 11.4 Å². The van der Waals surface area contributed by atoms with E-state index in [1.807, 2.05) is 24.3 Å². The lowest BCUT2D eigenvalue weighted by Crippen LogP contribution is -2.45. The minimum Gasteiger partial charge on any atom is -0.295 e. The molecule has 1 saturated carbocycles. The third-order valence-electron chi connectivity index (χ3n) is 4.94. The van der Waals surface area contributed by atoms with Gasteiger partial charge in [0.15, 0.2) is 5.78 Å². The highest BCUT2D eigenvalue weighted by molar-refractivity contribution is 6.92. The molecule has 1 aliphatic carbocycles. The first-order chi connectivity index (χ1) is 11.0. The van der Waals surface area contributed by atoms with Gasteiger partial charge in [-0.05, 0) is 41.3 Å². The van der Waals surface area contributed by atoms with E-state index in [1.54, 1.807) is 0 Å². The predicted octanol–water partition coefficient (Wildman–Crippen LogP) is 5.07. The third kappa shape index (κ3) is 3.33. The minimum atomic E-state index is -1.73. The van der Waals surface area contributed by atoms with E-state index in [-0.39, 0.29) is 0 Å². The zero-order valence-electron chi connectivity index (χ0n) is 13.6. The number of hydrogen-bond donors (Lipinski definition) is 0. The molecular formula is C20H21ClOSi. The van der Waals surface area contributed by atoms with Crippen molar-refractivity contribution in [1.29, 1.82) is 0 Å². The summed E-state index contributed by atoms with van der Waals surface area (Å²) in [5.74, 6) is 0.307. The maximum atomic E-state index is 12.5. The first-order valence-corrected chi connectivity index (χ1v) is 11.5. The molecule has 1 fully saturated rings. The Morgan fingerprint density at radius 3 is 2.35 bits per heavy atom. The summed E-state index contributed by atoms with van der Waals surface area (Å²) in [6.45, 7) is 4.75. The summed E-state index contributed by atoms with van der Waals surface area (Å²) in [7, 11) is -1.73. The molecule has 2 aromatic rings. The number of halogens is 1. The molecule has 3 rings (SSSR count). The molecular weight excluding hydrogens is 320 g/mol. The predicted molar refractivity (Wildman–Crippen MR) is 101 cm³/mol. The Morgan fingerprint density at radius 1 is 1.04 bits per heavy atom. The normalized spacial score (nSPS) is 20.2. The van der Waals surface area contributed by atoms with E-state index < -0.39 is 8.07 Å². The summed E-state index contributed by atoms with van der Waals surface area (Å²) in [6.07, 6.45) is 3.73. The summed E-state index contributed by atoms with van der Waals surface area (Å²) in [6, 6.07) is 18.4. The van der Waals surface area contributed by atoms with Crippen molar-refractivity contribution < 1.29 is 4.79 Å². The molecule has 0 radical (unpaired) electrons. The number of hydrogen-bond acceptors (Lipinski definition) is 1. The summed E-state index contributed by atoms with van der Waals surface area (Å²) in [4.78, 5) is 12.5. The van der Waals surface area contributed by atoms with Crippen LogP contribution in [0.1, 0.15) is 18.4 Å². The number of rotatable bonds is 3. The quantitative estimate of drug-likeness (QED) is 0.563. The van der Waals surface area contributed by atoms with Gasteiger partial charge in [0.1, 0.15) is 0 Å². The van der Waals surface area contributed by atoms with Crippen LogP contribution in [0.5, 0.6) is 0 Å². The zero-order valence-corrected chi connectivity index (χ0v) is 15.3. The molecule has 0 N–H and O–H groups in total. The number of carbonyl (C=O) groups excluding carboxylic acids is 1. The molecule has 1 nitrogen and oxygen atoms in total. The Bertz CT molecular complexity index is 732. The van der Waals surface area contributed by atoms with E-state index >= 15 is 0 Å². The number of ketones is 1. The molecule has 1 atom stereocenters. The third-order valence-corrected chi connectivity index (χ3v) is 9.35. The van der Waals surface area contributed by atoms with Crippen LogP contribution < -0.4 is 5.19 Å². The van der Waals surface area contributed by atoms with E-state index in [4.69, 9.17) is 11.6 Å². The van der Waals surface area contributed by atoms with Gasteiger partial charge in [-0.25, -0.2) is 0 Å². The van der Waals surface area contributed by atoms with Crippen LogP contribution in [0.3, 0.4) is 0 Å². The van der Waals surface area contributed by atoms with E-state index in [1.165, 1.54) is 5.19 Å². The smallest absolute Gasteiger partial charge is 0.158 e. The molecule has 23 heavy (non-hydrogen) atoms. The van der Waals surface area contributed by atoms with Crippen molar-refractivity contribution in [2.45, 2.75) is 31.5 Å². The molecule has 0 aliphatic heterocycles. The lowest BCUT2D eigenvalue weighted by Gasteiger charge is -2.30. The van der Waals surface area contributed by atoms with Crippen molar-refractivity contribution >= 4 is 36.7 Å². The number of carbonyl (C=O) groups is 1. The minimum absolute atomic E-state index is 0.307. The van der Waals surface area contributed by atoms with Gasteiger partial charge in [-0.15, -0.1) is 0 Å². The van der Waals surface area contributed by atoms with Gasteiger partial charge in [0.2, 0.25) is 0 Å². The van der Waals surface area contributed by atoms with Crippen LogP contribution in [-0.2, 0) is 4.79 Å². The van der Waals surface area contributed by atoms with Crippen molar-refractivity contribution in [1.82, 2.24) is 0 Å². The fourth-order valence-electron chi connectivity index (χ4n) is 3.51. The monoisotopic (exact) mass is 340 g/mol. The second kappa shape index (κ2) is 6.46. The van der Waals surface area contributed by atoms with Crippen molar-refractivity contribution in [3.8, 4) is 0 Å². The number of Topliss-reactive ketones (excluding diaryl/α,β-unsaturated/α-hetero) is 1. The standard InChI is InChI=1S/C20H21ClOSi/c1-23(2,17-6-4-3-5-7-17)20-13-12-19(22)18(20)14-15-8-10-16(21)11-9-15/h3-11,14,20H,12-13H2,1-2H3. The van der Waals surface area contributed by atoms with Crippen molar-refractivity contribution in [2.24, 2.45) is 0 Å². The fourth-order valence-corrected chi connectivity index (χ4v) is 6.98. The lowest BCUT2D eigenvalue weighted by atomic mass is 10.1. The highest BCUT2D eigenvalue weighted by Gasteiger charge is 2.41. The Morgan fingerprint density at radius 2 is 1.70 bits per heavy atom. The van der Waals surface area contributed by atoms with Gasteiger partial charge in [-0.2, -0.15) is 0 Å². The van der Waals surface area contributed by atoms with E-state index in [2.05, 4.69) is 49.5 Å². The molecule has 3 heteroatoms. The topological polar surface area (TPSA) is 17.1 Å². The molecule has 0 saturated heterocycles. The van der Waals surface area contributed by atoms with Crippen LogP contribution >= 0.6 is 11.6 Å². The molecule has 1 aliphatic rings. The van der Waals surface area contributed by atoms with Crippen LogP contribution in [0, 0.1) is 0 Å². The highest BCUT2D eigenvalue weighted by atomic mass is 35.5. The van der Waals surface area contributed by atoms with Gasteiger partial charge in [0.05, 0.1) is 8.07 Å². The molecule has 0 heterocycles. The van der Waals surface area contributed by atoms with Crippen molar-refractivity contribution in [3.05, 3.63) is 70.8 Å². The van der Waals surface area contributed by atoms with Crippen LogP contribution in [0.25, 0.3) is 6.08 Å². The largest absolute Gasteiger partial charge is 0.295 e. The maximum absolute atomic E-state index is 12.5. The van der Waals surface area contributed by atoms with Gasteiger partial charge in [0.25, 0.3) is 0 Å². The molecule has 0 bridgehead atoms. The molecule has 0 spiro atoms. The Balaban J connectivity index is 1.98. The van der Waals surface area contributed by atoms with Crippen molar-refractivity contribution in [2.75, 3.05) is 0 Å². The van der Waals surface area contributed by atoms with Crippen LogP contribution in [0.4, 0.5) is 0 Å². The Hall–Kier alpha value is -1.64. The Labute approximate surface area is 144 Å². The van der Waals surface area contributed by atoms with Gasteiger partial charge < -0.3 is 0 Å². The van der Waals surface area contributed by atoms with Gasteiger partial charge >= 0.3 is 0 Å². The van der Waals surface area contributed by atoms with E-state index in [0.717, 1.165) is 22.6 Å². The number of benzene rings is 2.